The molecule has 0 saturated carbocycles. The molecule has 0 aromatic heterocycles. The Hall–Kier alpha value is 0.394. The Bertz CT molecular complexity index is 87.6. The van der Waals surface area contributed by atoms with Crippen LogP contribution < -0.4 is 0 Å². The Morgan fingerprint density at radius 1 is 0.529 bits per heavy atom. The van der Waals surface area contributed by atoms with E-state index in [2.05, 4.69) is 0 Å². The van der Waals surface area contributed by atoms with E-state index in [4.69, 9.17) is 24.4 Å². The van der Waals surface area contributed by atoms with Crippen LogP contribution in [0.25, 0.3) is 0 Å². The molecule has 0 fully saturated rings. The van der Waals surface area contributed by atoms with E-state index in [1.54, 1.807) is 0 Å². The normalized spacial score (nSPS) is 8.12. The van der Waals surface area contributed by atoms with Gasteiger partial charge in [0.2, 0.25) is 0 Å². The van der Waals surface area contributed by atoms with E-state index in [0.29, 0.717) is 39.6 Å². The number of aliphatic hydroxyl groups excluding tert-OH is 2. The van der Waals surface area contributed by atoms with Gasteiger partial charge in [0.15, 0.2) is 0 Å². The van der Waals surface area contributed by atoms with E-state index in [1.807, 2.05) is 0 Å². The summed E-state index contributed by atoms with van der Waals surface area (Å²) in [6.07, 6.45) is 0. The number of rotatable bonds is 10. The van der Waals surface area contributed by atoms with Crippen LogP contribution in [0, 0.1) is 0 Å². The van der Waals surface area contributed by atoms with Crippen molar-refractivity contribution in [2.45, 2.75) is 0 Å². The van der Waals surface area contributed by atoms with Gasteiger partial charge in [-0.25, -0.2) is 0 Å². The smallest absolute Gasteiger partial charge is 0.0701 e. The molecular weight excluding hydrogens is 272 g/mol. The van der Waals surface area contributed by atoms with Crippen LogP contribution in [0.4, 0.5) is 0 Å². The largest absolute Gasteiger partial charge is 0.870 e. The summed E-state index contributed by atoms with van der Waals surface area (Å²) in [4.78, 5) is 0. The molecule has 0 aromatic rings. The second-order valence-electron chi connectivity index (χ2n) is 2.28. The van der Waals surface area contributed by atoms with Gasteiger partial charge in [-0.05, 0) is 0 Å². The summed E-state index contributed by atoms with van der Waals surface area (Å²) >= 11 is 0. The zero-order valence-electron chi connectivity index (χ0n) is 9.62. The third-order valence-electron chi connectivity index (χ3n) is 1.22. The molecule has 0 spiro atoms. The Labute approximate surface area is 116 Å². The topological polar surface area (TPSA) is 158 Å². The van der Waals surface area contributed by atoms with Crippen molar-refractivity contribution in [1.29, 1.82) is 0 Å². The molecule has 0 amide bonds. The number of aliphatic hydroxyl groups is 2. The van der Waals surface area contributed by atoms with Crippen molar-refractivity contribution in [3.8, 4) is 0 Å². The summed E-state index contributed by atoms with van der Waals surface area (Å²) in [5.41, 5.74) is 0. The van der Waals surface area contributed by atoms with Crippen molar-refractivity contribution in [3.63, 3.8) is 0 Å². The Kier molecular flexibility index (Phi) is 53.6. The Balaban J connectivity index is -0.000000120. The molecule has 0 radical (unpaired) electrons. The van der Waals surface area contributed by atoms with Gasteiger partial charge in [-0.2, -0.15) is 0 Å². The van der Waals surface area contributed by atoms with Crippen molar-refractivity contribution in [3.05, 3.63) is 0 Å². The Morgan fingerprint density at radius 3 is 1.00 bits per heavy atom. The van der Waals surface area contributed by atoms with Crippen LogP contribution in [0.5, 0.6) is 0 Å². The van der Waals surface area contributed by atoms with Crippen LogP contribution in [0.2, 0.25) is 0 Å². The molecule has 108 valence electrons. The second kappa shape index (κ2) is 29.9. The first kappa shape index (κ1) is 30.4. The maximum Gasteiger partial charge on any atom is 0.0701 e. The number of hydrogen-bond acceptors (Lipinski definition) is 8. The van der Waals surface area contributed by atoms with E-state index in [9.17, 15) is 0 Å². The SMILES string of the molecule is OCCOCCOCCOCCO.[OH-].[OH-].[OH-].[Ti]. The fourth-order valence-corrected chi connectivity index (χ4v) is 0.671. The predicted octanol–water partition coefficient (Wildman–Crippen LogP) is -1.51. The third-order valence-corrected chi connectivity index (χ3v) is 1.22. The zero-order chi connectivity index (χ0) is 9.78. The molecule has 0 aromatic carbocycles. The fraction of sp³-hybridized carbons (Fsp3) is 1.00. The second-order valence-corrected chi connectivity index (χ2v) is 2.28. The Morgan fingerprint density at radius 2 is 0.765 bits per heavy atom. The van der Waals surface area contributed by atoms with Crippen LogP contribution in [0.15, 0.2) is 0 Å². The van der Waals surface area contributed by atoms with Gasteiger partial charge in [-0.15, -0.1) is 0 Å². The van der Waals surface area contributed by atoms with E-state index >= 15 is 0 Å². The first-order valence-electron chi connectivity index (χ1n) is 4.36. The molecule has 0 aliphatic heterocycles. The minimum absolute atomic E-state index is 0. The van der Waals surface area contributed by atoms with Crippen LogP contribution in [-0.4, -0.2) is 79.5 Å². The van der Waals surface area contributed by atoms with Gasteiger partial charge in [-0.3, -0.25) is 0 Å². The molecule has 0 atom stereocenters. The quantitative estimate of drug-likeness (QED) is 0.363. The van der Waals surface area contributed by atoms with E-state index in [-0.39, 0.29) is 51.4 Å². The van der Waals surface area contributed by atoms with Gasteiger partial charge in [0.05, 0.1) is 52.9 Å². The predicted molar refractivity (Wildman–Crippen MR) is 52.4 cm³/mol. The monoisotopic (exact) mass is 293 g/mol. The molecule has 0 bridgehead atoms. The molecule has 5 N–H and O–H groups in total. The van der Waals surface area contributed by atoms with Crippen molar-refractivity contribution >= 4 is 0 Å². The summed E-state index contributed by atoms with van der Waals surface area (Å²) < 4.78 is 15.0. The number of ether oxygens (including phenoxy) is 3. The van der Waals surface area contributed by atoms with Crippen LogP contribution in [0.1, 0.15) is 0 Å². The fourth-order valence-electron chi connectivity index (χ4n) is 0.671. The van der Waals surface area contributed by atoms with E-state index < -0.39 is 0 Å². The van der Waals surface area contributed by atoms with Crippen molar-refractivity contribution in [2.24, 2.45) is 0 Å². The molecule has 0 aliphatic rings. The maximum absolute atomic E-state index is 8.36. The zero-order valence-corrected chi connectivity index (χ0v) is 11.2. The van der Waals surface area contributed by atoms with E-state index in [1.165, 1.54) is 0 Å². The van der Waals surface area contributed by atoms with Gasteiger partial charge in [-0.1, -0.05) is 0 Å². The molecule has 9 heteroatoms. The standard InChI is InChI=1S/C8H18O5.3H2O.Ti/c9-1-3-11-5-7-13-8-6-12-4-2-10;;;;/h9-10H,1-8H2;3*1H2;/p-3. The van der Waals surface area contributed by atoms with Gasteiger partial charge in [0.25, 0.3) is 0 Å². The summed E-state index contributed by atoms with van der Waals surface area (Å²) in [6, 6.07) is 0. The van der Waals surface area contributed by atoms with Crippen LogP contribution in [0.3, 0.4) is 0 Å². The average Bonchev–Trinajstić information content (AvgIpc) is 2.16. The molecule has 0 heterocycles. The van der Waals surface area contributed by atoms with Gasteiger partial charge in [0.1, 0.15) is 0 Å². The van der Waals surface area contributed by atoms with Crippen LogP contribution >= 0.6 is 0 Å². The average molecular weight is 293 g/mol. The van der Waals surface area contributed by atoms with Crippen molar-refractivity contribution in [1.82, 2.24) is 0 Å². The minimum Gasteiger partial charge on any atom is -0.870 e. The van der Waals surface area contributed by atoms with Gasteiger partial charge < -0.3 is 40.9 Å². The van der Waals surface area contributed by atoms with Gasteiger partial charge in [0, 0.05) is 21.7 Å². The molecular formula is C8H21O8Ti-3. The summed E-state index contributed by atoms with van der Waals surface area (Å²) in [5, 5.41) is 16.7. The molecule has 0 aliphatic carbocycles. The summed E-state index contributed by atoms with van der Waals surface area (Å²) in [6.45, 7) is 2.76. The van der Waals surface area contributed by atoms with Crippen LogP contribution in [-0.2, 0) is 35.9 Å². The summed E-state index contributed by atoms with van der Waals surface area (Å²) in [7, 11) is 0. The first-order valence-corrected chi connectivity index (χ1v) is 4.36. The molecule has 0 unspecified atom stereocenters. The van der Waals surface area contributed by atoms with Crippen molar-refractivity contribution < 1.29 is 62.6 Å². The van der Waals surface area contributed by atoms with Crippen molar-refractivity contribution in [2.75, 3.05) is 52.9 Å². The molecule has 0 saturated heterocycles. The number of hydrogen-bond donors (Lipinski definition) is 2. The molecule has 8 nitrogen and oxygen atoms in total. The molecule has 0 rings (SSSR count). The molecule has 17 heavy (non-hydrogen) atoms. The summed E-state index contributed by atoms with van der Waals surface area (Å²) in [5.74, 6) is 0. The third kappa shape index (κ3) is 31.4. The first-order chi connectivity index (χ1) is 6.41. The van der Waals surface area contributed by atoms with Gasteiger partial charge >= 0.3 is 0 Å². The maximum atomic E-state index is 8.36. The minimum atomic E-state index is 0. The van der Waals surface area contributed by atoms with E-state index in [0.717, 1.165) is 0 Å².